The minimum Gasteiger partial charge on any atom is -0.478 e. The molecule has 0 radical (unpaired) electrons. The number of nitrogens with zero attached hydrogens (tertiary/aromatic N) is 3. The predicted molar refractivity (Wildman–Crippen MR) is 73.1 cm³/mol. The fourth-order valence-corrected chi connectivity index (χ4v) is 1.88. The summed E-state index contributed by atoms with van der Waals surface area (Å²) in [7, 11) is 0. The van der Waals surface area contributed by atoms with E-state index in [1.807, 2.05) is 0 Å². The molecular weight excluding hydrogens is 242 g/mol. The van der Waals surface area contributed by atoms with Crippen LogP contribution < -0.4 is 0 Å². The zero-order chi connectivity index (χ0) is 14.2. The molecule has 0 atom stereocenters. The molecule has 0 aliphatic carbocycles. The number of para-hydroxylation sites is 1. The van der Waals surface area contributed by atoms with Crippen LogP contribution in [-0.4, -0.2) is 26.1 Å². The highest BCUT2D eigenvalue weighted by Gasteiger charge is 2.25. The van der Waals surface area contributed by atoms with Gasteiger partial charge in [0.05, 0.1) is 5.56 Å². The van der Waals surface area contributed by atoms with Gasteiger partial charge in [-0.1, -0.05) is 39.0 Å². The number of aromatic carboxylic acids is 1. The molecule has 0 aliphatic heterocycles. The van der Waals surface area contributed by atoms with E-state index in [4.69, 9.17) is 0 Å². The normalized spacial score (nSPS) is 12.3. The summed E-state index contributed by atoms with van der Waals surface area (Å²) in [6.45, 7) is 9.24. The van der Waals surface area contributed by atoms with Crippen molar-refractivity contribution in [3.8, 4) is 0 Å². The van der Waals surface area contributed by atoms with Gasteiger partial charge in [0, 0.05) is 6.54 Å². The Morgan fingerprint density at radius 2 is 2.11 bits per heavy atom. The van der Waals surface area contributed by atoms with E-state index in [1.165, 1.54) is 0 Å². The first-order valence-electron chi connectivity index (χ1n) is 6.38. The Morgan fingerprint density at radius 1 is 1.42 bits per heavy atom. The Hall–Kier alpha value is -1.91. The number of carbonyl (C=O) groups is 1. The van der Waals surface area contributed by atoms with Crippen LogP contribution in [0, 0.1) is 11.3 Å². The lowest BCUT2D eigenvalue weighted by Gasteiger charge is -2.29. The number of aromatic nitrogens is 3. The van der Waals surface area contributed by atoms with Crippen LogP contribution in [-0.2, 0) is 6.54 Å². The summed E-state index contributed by atoms with van der Waals surface area (Å²) in [6, 6.07) is 5.07. The van der Waals surface area contributed by atoms with E-state index in [2.05, 4.69) is 38.0 Å². The van der Waals surface area contributed by atoms with E-state index in [-0.39, 0.29) is 11.0 Å². The van der Waals surface area contributed by atoms with E-state index in [1.54, 1.807) is 22.9 Å². The molecule has 1 aromatic carbocycles. The van der Waals surface area contributed by atoms with Crippen molar-refractivity contribution in [3.63, 3.8) is 0 Å². The monoisotopic (exact) mass is 261 g/mol. The van der Waals surface area contributed by atoms with E-state index in [0.29, 0.717) is 23.5 Å². The second-order valence-electron chi connectivity index (χ2n) is 5.87. The lowest BCUT2D eigenvalue weighted by atomic mass is 9.81. The van der Waals surface area contributed by atoms with Crippen molar-refractivity contribution in [1.82, 2.24) is 15.0 Å². The SMILES string of the molecule is CC(C)C(C)(C)Cn1nnc2cccc(C(=O)O)c21. The summed E-state index contributed by atoms with van der Waals surface area (Å²) in [6.07, 6.45) is 0. The van der Waals surface area contributed by atoms with Crippen LogP contribution in [0.4, 0.5) is 0 Å². The third-order valence-electron chi connectivity index (χ3n) is 3.88. The van der Waals surface area contributed by atoms with Gasteiger partial charge in [-0.25, -0.2) is 9.48 Å². The third kappa shape index (κ3) is 2.45. The molecular formula is C14H19N3O2. The molecule has 0 unspecified atom stereocenters. The van der Waals surface area contributed by atoms with Crippen molar-refractivity contribution < 1.29 is 9.90 Å². The second-order valence-corrected chi connectivity index (χ2v) is 5.87. The Balaban J connectivity index is 2.53. The van der Waals surface area contributed by atoms with Gasteiger partial charge in [-0.2, -0.15) is 0 Å². The van der Waals surface area contributed by atoms with Gasteiger partial charge in [-0.05, 0) is 23.5 Å². The van der Waals surface area contributed by atoms with Crippen molar-refractivity contribution in [2.24, 2.45) is 11.3 Å². The number of fused-ring (bicyclic) bond motifs is 1. The van der Waals surface area contributed by atoms with Crippen LogP contribution in [0.25, 0.3) is 11.0 Å². The van der Waals surface area contributed by atoms with E-state index < -0.39 is 5.97 Å². The van der Waals surface area contributed by atoms with Crippen molar-refractivity contribution in [1.29, 1.82) is 0 Å². The van der Waals surface area contributed by atoms with Crippen LogP contribution in [0.15, 0.2) is 18.2 Å². The fourth-order valence-electron chi connectivity index (χ4n) is 1.88. The van der Waals surface area contributed by atoms with Gasteiger partial charge < -0.3 is 5.11 Å². The molecule has 0 bridgehead atoms. The van der Waals surface area contributed by atoms with Crippen LogP contribution in [0.5, 0.6) is 0 Å². The lowest BCUT2D eigenvalue weighted by molar-refractivity contribution is 0.0698. The predicted octanol–water partition coefficient (Wildman–Crippen LogP) is 2.81. The molecule has 2 rings (SSSR count). The highest BCUT2D eigenvalue weighted by Crippen LogP contribution is 2.29. The Morgan fingerprint density at radius 3 is 2.68 bits per heavy atom. The Kier molecular flexibility index (Phi) is 3.30. The molecule has 1 aromatic heterocycles. The largest absolute Gasteiger partial charge is 0.478 e. The van der Waals surface area contributed by atoms with Crippen LogP contribution >= 0.6 is 0 Å². The van der Waals surface area contributed by atoms with Gasteiger partial charge in [0.25, 0.3) is 0 Å². The summed E-state index contributed by atoms with van der Waals surface area (Å²) in [5.41, 5.74) is 1.50. The van der Waals surface area contributed by atoms with Gasteiger partial charge in [-0.15, -0.1) is 5.10 Å². The van der Waals surface area contributed by atoms with Crippen molar-refractivity contribution in [2.45, 2.75) is 34.2 Å². The van der Waals surface area contributed by atoms with Crippen molar-refractivity contribution in [3.05, 3.63) is 23.8 Å². The van der Waals surface area contributed by atoms with Crippen molar-refractivity contribution >= 4 is 17.0 Å². The number of benzene rings is 1. The number of hydrogen-bond donors (Lipinski definition) is 1. The Labute approximate surface area is 112 Å². The summed E-state index contributed by atoms with van der Waals surface area (Å²) in [5.74, 6) is -0.486. The molecule has 5 heteroatoms. The van der Waals surface area contributed by atoms with Gasteiger partial charge in [-0.3, -0.25) is 0 Å². The number of rotatable bonds is 4. The topological polar surface area (TPSA) is 68.0 Å². The first-order chi connectivity index (χ1) is 8.83. The number of carboxylic acid groups (broad SMARTS) is 1. The molecule has 0 saturated carbocycles. The van der Waals surface area contributed by atoms with Crippen molar-refractivity contribution in [2.75, 3.05) is 0 Å². The van der Waals surface area contributed by atoms with Gasteiger partial charge in [0.1, 0.15) is 11.0 Å². The molecule has 0 aliphatic rings. The molecule has 102 valence electrons. The molecule has 19 heavy (non-hydrogen) atoms. The minimum absolute atomic E-state index is 0.0201. The maximum atomic E-state index is 11.3. The molecule has 2 aromatic rings. The standard InChI is InChI=1S/C14H19N3O2/c1-9(2)14(3,4)8-17-12-10(13(18)19)6-5-7-11(12)15-16-17/h5-7,9H,8H2,1-4H3,(H,18,19). The summed E-state index contributed by atoms with van der Waals surface area (Å²) in [4.78, 5) is 11.3. The highest BCUT2D eigenvalue weighted by atomic mass is 16.4. The number of hydrogen-bond acceptors (Lipinski definition) is 3. The zero-order valence-electron chi connectivity index (χ0n) is 11.7. The average molecular weight is 261 g/mol. The zero-order valence-corrected chi connectivity index (χ0v) is 11.7. The summed E-state index contributed by atoms with van der Waals surface area (Å²) in [5, 5.41) is 17.4. The first-order valence-corrected chi connectivity index (χ1v) is 6.38. The average Bonchev–Trinajstić information content (AvgIpc) is 2.71. The van der Waals surface area contributed by atoms with Gasteiger partial charge in [0.15, 0.2) is 0 Å². The molecule has 5 nitrogen and oxygen atoms in total. The third-order valence-corrected chi connectivity index (χ3v) is 3.88. The molecule has 0 amide bonds. The number of carboxylic acids is 1. The van der Waals surface area contributed by atoms with Crippen LogP contribution in [0.2, 0.25) is 0 Å². The fraction of sp³-hybridized carbons (Fsp3) is 0.500. The smallest absolute Gasteiger partial charge is 0.337 e. The van der Waals surface area contributed by atoms with Crippen LogP contribution in [0.1, 0.15) is 38.1 Å². The molecule has 0 spiro atoms. The second kappa shape index (κ2) is 4.64. The quantitative estimate of drug-likeness (QED) is 0.918. The highest BCUT2D eigenvalue weighted by molar-refractivity contribution is 6.00. The molecule has 1 heterocycles. The van der Waals surface area contributed by atoms with Gasteiger partial charge in [0.2, 0.25) is 0 Å². The molecule has 1 N–H and O–H groups in total. The maximum absolute atomic E-state index is 11.3. The van der Waals surface area contributed by atoms with E-state index >= 15 is 0 Å². The molecule has 0 fully saturated rings. The first kappa shape index (κ1) is 13.5. The molecule has 0 saturated heterocycles. The summed E-state index contributed by atoms with van der Waals surface area (Å²) < 4.78 is 1.71. The Bertz CT molecular complexity index is 614. The minimum atomic E-state index is -0.948. The van der Waals surface area contributed by atoms with E-state index in [9.17, 15) is 9.90 Å². The maximum Gasteiger partial charge on any atom is 0.337 e. The summed E-state index contributed by atoms with van der Waals surface area (Å²) >= 11 is 0. The lowest BCUT2D eigenvalue weighted by Crippen LogP contribution is -2.26. The van der Waals surface area contributed by atoms with Gasteiger partial charge >= 0.3 is 5.97 Å². The van der Waals surface area contributed by atoms with Crippen LogP contribution in [0.3, 0.4) is 0 Å². The van der Waals surface area contributed by atoms with E-state index in [0.717, 1.165) is 0 Å².